The average Bonchev–Trinajstić information content (AvgIpc) is 2.26. The first-order valence-corrected chi connectivity index (χ1v) is 5.73. The van der Waals surface area contributed by atoms with Gasteiger partial charge in [0.1, 0.15) is 0 Å². The fraction of sp³-hybridized carbons (Fsp3) is 0.417. The predicted octanol–water partition coefficient (Wildman–Crippen LogP) is 3.73. The molecule has 0 aromatic heterocycles. The summed E-state index contributed by atoms with van der Waals surface area (Å²) in [6, 6.07) is 7.68. The molecule has 1 N–H and O–H groups in total. The van der Waals surface area contributed by atoms with Crippen molar-refractivity contribution in [2.45, 2.75) is 37.5 Å². The molecule has 0 fully saturated rings. The van der Waals surface area contributed by atoms with E-state index in [1.54, 1.807) is 0 Å². The van der Waals surface area contributed by atoms with Crippen LogP contribution in [-0.2, 0) is 0 Å². The maximum atomic E-state index is 8.92. The summed E-state index contributed by atoms with van der Waals surface area (Å²) in [5.41, 5.74) is 1.74. The van der Waals surface area contributed by atoms with E-state index in [1.807, 2.05) is 24.3 Å². The van der Waals surface area contributed by atoms with Gasteiger partial charge in [0.05, 0.1) is 5.71 Å². The third-order valence-electron chi connectivity index (χ3n) is 2.34. The van der Waals surface area contributed by atoms with Crippen molar-refractivity contribution in [2.75, 3.05) is 0 Å². The Bertz CT molecular complexity index is 319. The Balaban J connectivity index is 2.63. The summed E-state index contributed by atoms with van der Waals surface area (Å²) in [4.78, 5) is 0.921. The quantitative estimate of drug-likeness (QED) is 0.257. The minimum absolute atomic E-state index is 0.761. The van der Waals surface area contributed by atoms with E-state index >= 15 is 0 Å². The molecule has 0 saturated carbocycles. The number of oxime groups is 1. The van der Waals surface area contributed by atoms with Crippen LogP contribution in [0.2, 0.25) is 0 Å². The van der Waals surface area contributed by atoms with E-state index in [2.05, 4.69) is 24.7 Å². The molecule has 0 aliphatic rings. The van der Waals surface area contributed by atoms with Gasteiger partial charge in [0, 0.05) is 4.90 Å². The summed E-state index contributed by atoms with van der Waals surface area (Å²) < 4.78 is 0. The van der Waals surface area contributed by atoms with Crippen LogP contribution in [0.5, 0.6) is 0 Å². The Morgan fingerprint density at radius 2 is 1.93 bits per heavy atom. The van der Waals surface area contributed by atoms with Gasteiger partial charge >= 0.3 is 0 Å². The van der Waals surface area contributed by atoms with Gasteiger partial charge in [-0.25, -0.2) is 0 Å². The molecule has 0 unspecified atom stereocenters. The summed E-state index contributed by atoms with van der Waals surface area (Å²) in [5, 5.41) is 12.3. The van der Waals surface area contributed by atoms with Gasteiger partial charge in [0.2, 0.25) is 0 Å². The summed E-state index contributed by atoms with van der Waals surface area (Å²) in [7, 11) is 0. The number of unbranched alkanes of at least 4 members (excludes halogenated alkanes) is 2. The van der Waals surface area contributed by atoms with Crippen LogP contribution in [-0.4, -0.2) is 10.9 Å². The monoisotopic (exact) mass is 223 g/mol. The normalized spacial score (nSPS) is 11.7. The summed E-state index contributed by atoms with van der Waals surface area (Å²) in [5.74, 6) is 0. The second-order valence-corrected chi connectivity index (χ2v) is 4.07. The molecule has 1 aromatic carbocycles. The highest BCUT2D eigenvalue weighted by Gasteiger charge is 2.03. The molecular formula is C12H17NOS. The molecule has 1 rings (SSSR count). The molecule has 0 saturated heterocycles. The number of hydrogen-bond donors (Lipinski definition) is 2. The Morgan fingerprint density at radius 1 is 1.27 bits per heavy atom. The SMILES string of the molecule is CCCCC/C(=N/O)c1ccc(S)cc1. The molecule has 2 nitrogen and oxygen atoms in total. The maximum Gasteiger partial charge on any atom is 0.0867 e. The van der Waals surface area contributed by atoms with Gasteiger partial charge in [-0.15, -0.1) is 12.6 Å². The van der Waals surface area contributed by atoms with Crippen molar-refractivity contribution in [1.82, 2.24) is 0 Å². The van der Waals surface area contributed by atoms with E-state index in [9.17, 15) is 0 Å². The summed E-state index contributed by atoms with van der Waals surface area (Å²) in [6.45, 7) is 2.16. The van der Waals surface area contributed by atoms with Crippen LogP contribution in [0.25, 0.3) is 0 Å². The van der Waals surface area contributed by atoms with Gasteiger partial charge in [-0.2, -0.15) is 0 Å². The molecule has 0 heterocycles. The molecule has 0 spiro atoms. The Morgan fingerprint density at radius 3 is 2.47 bits per heavy atom. The first-order chi connectivity index (χ1) is 7.27. The zero-order chi connectivity index (χ0) is 11.1. The van der Waals surface area contributed by atoms with Crippen molar-refractivity contribution in [3.05, 3.63) is 29.8 Å². The van der Waals surface area contributed by atoms with Gasteiger partial charge in [-0.3, -0.25) is 0 Å². The maximum absolute atomic E-state index is 8.92. The third-order valence-corrected chi connectivity index (χ3v) is 2.64. The lowest BCUT2D eigenvalue weighted by Gasteiger charge is -2.04. The van der Waals surface area contributed by atoms with Crippen LogP contribution in [0, 0.1) is 0 Å². The predicted molar refractivity (Wildman–Crippen MR) is 66.2 cm³/mol. The van der Waals surface area contributed by atoms with Crippen LogP contribution in [0.1, 0.15) is 38.2 Å². The van der Waals surface area contributed by atoms with Gasteiger partial charge in [-0.05, 0) is 30.5 Å². The van der Waals surface area contributed by atoms with Gasteiger partial charge in [0.15, 0.2) is 0 Å². The third kappa shape index (κ3) is 3.96. The molecule has 0 amide bonds. The zero-order valence-electron chi connectivity index (χ0n) is 8.98. The van der Waals surface area contributed by atoms with Crippen molar-refractivity contribution < 1.29 is 5.21 Å². The van der Waals surface area contributed by atoms with Crippen molar-refractivity contribution in [3.8, 4) is 0 Å². The lowest BCUT2D eigenvalue weighted by Crippen LogP contribution is -2.00. The topological polar surface area (TPSA) is 32.6 Å². The van der Waals surface area contributed by atoms with Crippen LogP contribution < -0.4 is 0 Å². The van der Waals surface area contributed by atoms with Gasteiger partial charge < -0.3 is 5.21 Å². The van der Waals surface area contributed by atoms with Gasteiger partial charge in [-0.1, -0.05) is 37.1 Å². The van der Waals surface area contributed by atoms with Crippen molar-refractivity contribution in [3.63, 3.8) is 0 Å². The Hall–Kier alpha value is -0.960. The standard InChI is InChI=1S/C12H17NOS/c1-2-3-4-5-12(13-14)10-6-8-11(15)9-7-10/h6-9,14-15H,2-5H2,1H3/b13-12-. The second-order valence-electron chi connectivity index (χ2n) is 3.55. The number of hydrogen-bond acceptors (Lipinski definition) is 3. The van der Waals surface area contributed by atoms with Crippen molar-refractivity contribution >= 4 is 18.3 Å². The minimum Gasteiger partial charge on any atom is -0.411 e. The van der Waals surface area contributed by atoms with E-state index in [0.29, 0.717) is 0 Å². The van der Waals surface area contributed by atoms with E-state index in [0.717, 1.165) is 29.0 Å². The highest BCUT2D eigenvalue weighted by Crippen LogP contribution is 2.12. The number of rotatable bonds is 5. The zero-order valence-corrected chi connectivity index (χ0v) is 9.87. The van der Waals surface area contributed by atoms with E-state index in [1.165, 1.54) is 12.8 Å². The largest absolute Gasteiger partial charge is 0.411 e. The average molecular weight is 223 g/mol. The fourth-order valence-corrected chi connectivity index (χ4v) is 1.60. The van der Waals surface area contributed by atoms with Gasteiger partial charge in [0.25, 0.3) is 0 Å². The molecule has 0 bridgehead atoms. The molecule has 0 aliphatic heterocycles. The second kappa shape index (κ2) is 6.51. The smallest absolute Gasteiger partial charge is 0.0867 e. The lowest BCUT2D eigenvalue weighted by molar-refractivity contribution is 0.317. The van der Waals surface area contributed by atoms with Crippen LogP contribution in [0.3, 0.4) is 0 Å². The number of nitrogens with zero attached hydrogens (tertiary/aromatic N) is 1. The minimum atomic E-state index is 0.761. The fourth-order valence-electron chi connectivity index (χ4n) is 1.45. The van der Waals surface area contributed by atoms with Crippen LogP contribution in [0.4, 0.5) is 0 Å². The van der Waals surface area contributed by atoms with E-state index in [4.69, 9.17) is 5.21 Å². The molecule has 0 aliphatic carbocycles. The molecule has 0 radical (unpaired) electrons. The lowest BCUT2D eigenvalue weighted by atomic mass is 10.0. The van der Waals surface area contributed by atoms with Crippen molar-refractivity contribution in [1.29, 1.82) is 0 Å². The Kier molecular flexibility index (Phi) is 5.26. The summed E-state index contributed by atoms with van der Waals surface area (Å²) in [6.07, 6.45) is 4.24. The summed E-state index contributed by atoms with van der Waals surface area (Å²) >= 11 is 4.21. The molecule has 0 atom stereocenters. The first-order valence-electron chi connectivity index (χ1n) is 5.28. The number of thiol groups is 1. The Labute approximate surface area is 96.4 Å². The molecule has 15 heavy (non-hydrogen) atoms. The first kappa shape index (κ1) is 12.1. The molecule has 82 valence electrons. The van der Waals surface area contributed by atoms with Crippen LogP contribution >= 0.6 is 12.6 Å². The highest BCUT2D eigenvalue weighted by molar-refractivity contribution is 7.80. The highest BCUT2D eigenvalue weighted by atomic mass is 32.1. The van der Waals surface area contributed by atoms with E-state index < -0.39 is 0 Å². The molecular weight excluding hydrogens is 206 g/mol. The number of benzene rings is 1. The van der Waals surface area contributed by atoms with Crippen molar-refractivity contribution in [2.24, 2.45) is 5.16 Å². The molecule has 1 aromatic rings. The van der Waals surface area contributed by atoms with E-state index in [-0.39, 0.29) is 0 Å². The van der Waals surface area contributed by atoms with Crippen LogP contribution in [0.15, 0.2) is 34.3 Å². The molecule has 3 heteroatoms.